The molecule has 1 aliphatic carbocycles. The van der Waals surface area contributed by atoms with E-state index >= 15 is 0 Å². The fourth-order valence-electron chi connectivity index (χ4n) is 2.59. The standard InChI is InChI=1S/C15H14FN3O/c16-12-8-18-6-5-11(12)15(20)19-14-10-4-2-1-3-9(10)7-13(14)17/h1-6,8,13-14H,7,17H2,(H,19,20). The molecule has 1 heterocycles. The Bertz CT molecular complexity index is 659. The first-order valence-corrected chi connectivity index (χ1v) is 6.40. The SMILES string of the molecule is NC1Cc2ccccc2C1NC(=O)c1ccncc1F. The molecule has 0 saturated carbocycles. The zero-order valence-electron chi connectivity index (χ0n) is 10.7. The molecular weight excluding hydrogens is 257 g/mol. The molecule has 2 atom stereocenters. The Labute approximate surface area is 115 Å². The van der Waals surface area contributed by atoms with Crippen LogP contribution in [-0.4, -0.2) is 16.9 Å². The van der Waals surface area contributed by atoms with E-state index in [0.29, 0.717) is 6.42 Å². The van der Waals surface area contributed by atoms with E-state index in [2.05, 4.69) is 10.3 Å². The van der Waals surface area contributed by atoms with Crippen LogP contribution in [0.25, 0.3) is 0 Å². The van der Waals surface area contributed by atoms with Gasteiger partial charge in [-0.2, -0.15) is 0 Å². The number of pyridine rings is 1. The van der Waals surface area contributed by atoms with Crippen molar-refractivity contribution in [3.63, 3.8) is 0 Å². The number of halogens is 1. The van der Waals surface area contributed by atoms with Gasteiger partial charge in [0.2, 0.25) is 0 Å². The zero-order valence-corrected chi connectivity index (χ0v) is 10.7. The highest BCUT2D eigenvalue weighted by Crippen LogP contribution is 2.30. The number of amides is 1. The largest absolute Gasteiger partial charge is 0.344 e. The van der Waals surface area contributed by atoms with Gasteiger partial charge in [-0.15, -0.1) is 0 Å². The van der Waals surface area contributed by atoms with Crippen LogP contribution >= 0.6 is 0 Å². The van der Waals surface area contributed by atoms with E-state index in [9.17, 15) is 9.18 Å². The molecule has 1 amide bonds. The van der Waals surface area contributed by atoms with Gasteiger partial charge in [-0.25, -0.2) is 4.39 Å². The fraction of sp³-hybridized carbons (Fsp3) is 0.200. The summed E-state index contributed by atoms with van der Waals surface area (Å²) in [4.78, 5) is 15.8. The number of fused-ring (bicyclic) bond motifs is 1. The van der Waals surface area contributed by atoms with Gasteiger partial charge < -0.3 is 11.1 Å². The molecule has 0 saturated heterocycles. The molecule has 5 heteroatoms. The van der Waals surface area contributed by atoms with Crippen LogP contribution in [0.4, 0.5) is 4.39 Å². The lowest BCUT2D eigenvalue weighted by Gasteiger charge is -2.18. The first-order chi connectivity index (χ1) is 9.66. The molecule has 0 fully saturated rings. The molecule has 3 rings (SSSR count). The third-order valence-electron chi connectivity index (χ3n) is 3.58. The van der Waals surface area contributed by atoms with E-state index in [1.165, 1.54) is 12.3 Å². The molecule has 0 aliphatic heterocycles. The maximum Gasteiger partial charge on any atom is 0.254 e. The summed E-state index contributed by atoms with van der Waals surface area (Å²) in [6, 6.07) is 8.66. The number of carbonyl (C=O) groups is 1. The summed E-state index contributed by atoms with van der Waals surface area (Å²) in [5.74, 6) is -1.10. The lowest BCUT2D eigenvalue weighted by molar-refractivity contribution is 0.0928. The number of benzene rings is 1. The van der Waals surface area contributed by atoms with Gasteiger partial charge in [-0.3, -0.25) is 9.78 Å². The number of nitrogens with one attached hydrogen (secondary N) is 1. The minimum absolute atomic E-state index is 0.0171. The van der Waals surface area contributed by atoms with Crippen molar-refractivity contribution in [2.75, 3.05) is 0 Å². The molecule has 3 N–H and O–H groups in total. The third kappa shape index (κ3) is 2.16. The average molecular weight is 271 g/mol. The van der Waals surface area contributed by atoms with Gasteiger partial charge in [0.05, 0.1) is 17.8 Å². The summed E-state index contributed by atoms with van der Waals surface area (Å²) in [5.41, 5.74) is 8.18. The van der Waals surface area contributed by atoms with Crippen molar-refractivity contribution in [1.82, 2.24) is 10.3 Å². The van der Waals surface area contributed by atoms with Crippen molar-refractivity contribution < 1.29 is 9.18 Å². The predicted octanol–water partition coefficient (Wildman–Crippen LogP) is 1.58. The van der Waals surface area contributed by atoms with Gasteiger partial charge in [0, 0.05) is 12.2 Å². The number of nitrogens with zero attached hydrogens (tertiary/aromatic N) is 1. The zero-order chi connectivity index (χ0) is 14.1. The predicted molar refractivity (Wildman–Crippen MR) is 72.5 cm³/mol. The number of hydrogen-bond acceptors (Lipinski definition) is 3. The minimum atomic E-state index is -0.634. The molecule has 102 valence electrons. The molecule has 0 bridgehead atoms. The Kier molecular flexibility index (Phi) is 3.20. The molecule has 1 aromatic carbocycles. The van der Waals surface area contributed by atoms with Gasteiger partial charge in [0.25, 0.3) is 5.91 Å². The van der Waals surface area contributed by atoms with E-state index in [-0.39, 0.29) is 17.6 Å². The van der Waals surface area contributed by atoms with Gasteiger partial charge in [0.1, 0.15) is 0 Å². The number of rotatable bonds is 2. The monoisotopic (exact) mass is 271 g/mol. The van der Waals surface area contributed by atoms with Crippen LogP contribution in [0, 0.1) is 5.82 Å². The van der Waals surface area contributed by atoms with Crippen molar-refractivity contribution in [3.05, 3.63) is 65.2 Å². The molecular formula is C15H14FN3O. The molecule has 0 spiro atoms. The molecule has 1 aliphatic rings. The lowest BCUT2D eigenvalue weighted by atomic mass is 10.1. The highest BCUT2D eigenvalue weighted by atomic mass is 19.1. The molecule has 20 heavy (non-hydrogen) atoms. The lowest BCUT2D eigenvalue weighted by Crippen LogP contribution is -2.38. The summed E-state index contributed by atoms with van der Waals surface area (Å²) in [6.45, 7) is 0. The number of nitrogens with two attached hydrogens (primary N) is 1. The van der Waals surface area contributed by atoms with E-state index in [1.54, 1.807) is 0 Å². The summed E-state index contributed by atoms with van der Waals surface area (Å²) in [7, 11) is 0. The van der Waals surface area contributed by atoms with E-state index in [1.807, 2.05) is 24.3 Å². The average Bonchev–Trinajstić information content (AvgIpc) is 2.76. The van der Waals surface area contributed by atoms with Crippen LogP contribution in [0.2, 0.25) is 0 Å². The summed E-state index contributed by atoms with van der Waals surface area (Å²) < 4.78 is 13.6. The molecule has 1 aromatic heterocycles. The minimum Gasteiger partial charge on any atom is -0.344 e. The van der Waals surface area contributed by atoms with Crippen molar-refractivity contribution in [2.24, 2.45) is 5.73 Å². The Morgan fingerprint density at radius 3 is 2.95 bits per heavy atom. The van der Waals surface area contributed by atoms with Crippen molar-refractivity contribution >= 4 is 5.91 Å². The first-order valence-electron chi connectivity index (χ1n) is 6.40. The maximum atomic E-state index is 13.6. The van der Waals surface area contributed by atoms with Gasteiger partial charge in [-0.05, 0) is 23.6 Å². The molecule has 0 radical (unpaired) electrons. The summed E-state index contributed by atoms with van der Waals surface area (Å²) >= 11 is 0. The molecule has 2 unspecified atom stereocenters. The van der Waals surface area contributed by atoms with Gasteiger partial charge >= 0.3 is 0 Å². The molecule has 2 aromatic rings. The van der Waals surface area contributed by atoms with Crippen LogP contribution in [0.15, 0.2) is 42.7 Å². The summed E-state index contributed by atoms with van der Waals surface area (Å²) in [5, 5.41) is 2.81. The fourth-order valence-corrected chi connectivity index (χ4v) is 2.59. The van der Waals surface area contributed by atoms with Crippen molar-refractivity contribution in [1.29, 1.82) is 0 Å². The van der Waals surface area contributed by atoms with Crippen LogP contribution in [0.5, 0.6) is 0 Å². The van der Waals surface area contributed by atoms with E-state index in [4.69, 9.17) is 5.73 Å². The van der Waals surface area contributed by atoms with Gasteiger partial charge in [-0.1, -0.05) is 24.3 Å². The van der Waals surface area contributed by atoms with Crippen molar-refractivity contribution in [2.45, 2.75) is 18.5 Å². The normalized spacial score (nSPS) is 20.5. The number of aromatic nitrogens is 1. The maximum absolute atomic E-state index is 13.6. The first kappa shape index (κ1) is 12.7. The Morgan fingerprint density at radius 2 is 2.15 bits per heavy atom. The Balaban J connectivity index is 1.85. The van der Waals surface area contributed by atoms with Gasteiger partial charge in [0.15, 0.2) is 5.82 Å². The molecule has 4 nitrogen and oxygen atoms in total. The van der Waals surface area contributed by atoms with Crippen LogP contribution in [-0.2, 0) is 6.42 Å². The second kappa shape index (κ2) is 5.02. The second-order valence-electron chi connectivity index (χ2n) is 4.87. The second-order valence-corrected chi connectivity index (χ2v) is 4.87. The third-order valence-corrected chi connectivity index (χ3v) is 3.58. The smallest absolute Gasteiger partial charge is 0.254 e. The highest BCUT2D eigenvalue weighted by molar-refractivity contribution is 5.94. The van der Waals surface area contributed by atoms with Crippen LogP contribution in [0.1, 0.15) is 27.5 Å². The van der Waals surface area contributed by atoms with Crippen LogP contribution < -0.4 is 11.1 Å². The Hall–Kier alpha value is -2.27. The van der Waals surface area contributed by atoms with Crippen LogP contribution in [0.3, 0.4) is 0 Å². The highest BCUT2D eigenvalue weighted by Gasteiger charge is 2.31. The topological polar surface area (TPSA) is 68.0 Å². The van der Waals surface area contributed by atoms with E-state index in [0.717, 1.165) is 17.3 Å². The number of hydrogen-bond donors (Lipinski definition) is 2. The summed E-state index contributed by atoms with van der Waals surface area (Å²) in [6.07, 6.45) is 3.12. The van der Waals surface area contributed by atoms with Crippen molar-refractivity contribution in [3.8, 4) is 0 Å². The quantitative estimate of drug-likeness (QED) is 0.871. The number of carbonyl (C=O) groups excluding carboxylic acids is 1. The Morgan fingerprint density at radius 1 is 1.35 bits per heavy atom. The van der Waals surface area contributed by atoms with E-state index < -0.39 is 11.7 Å².